The lowest BCUT2D eigenvalue weighted by Gasteiger charge is -2.07. The number of nitrogens with two attached hydrogens (primary N) is 1. The number of aromatic amines is 1. The molecule has 2 aromatic heterocycles. The number of benzene rings is 1. The molecule has 0 fully saturated rings. The standard InChI is InChI=1S/C20H19N3O3/c1-11(21)18(12(2)24)15-8-17-19(23-9-15)16(10-22-17)13-4-6-14(7-5-13)20(25)26-3/h4-10,22H,21H2,1-3H3. The van der Waals surface area contributed by atoms with Gasteiger partial charge in [0.25, 0.3) is 0 Å². The number of Topliss-reactive ketones (excluding diaryl/α,β-unsaturated/α-hetero) is 1. The molecule has 0 unspecified atom stereocenters. The van der Waals surface area contributed by atoms with E-state index in [0.717, 1.165) is 22.2 Å². The number of aromatic nitrogens is 2. The van der Waals surface area contributed by atoms with E-state index in [4.69, 9.17) is 10.5 Å². The first-order valence-electron chi connectivity index (χ1n) is 8.06. The number of nitrogens with one attached hydrogen (secondary N) is 1. The average molecular weight is 349 g/mol. The average Bonchev–Trinajstić information content (AvgIpc) is 3.04. The molecule has 6 heteroatoms. The molecule has 0 aliphatic heterocycles. The number of fused-ring (bicyclic) bond motifs is 1. The normalized spacial score (nSPS) is 12.0. The number of allylic oxidation sites excluding steroid dienone is 2. The Hall–Kier alpha value is -3.41. The highest BCUT2D eigenvalue weighted by atomic mass is 16.5. The molecule has 132 valence electrons. The van der Waals surface area contributed by atoms with Crippen molar-refractivity contribution in [3.05, 3.63) is 59.5 Å². The van der Waals surface area contributed by atoms with Crippen LogP contribution in [-0.2, 0) is 9.53 Å². The molecule has 6 nitrogen and oxygen atoms in total. The zero-order valence-corrected chi connectivity index (χ0v) is 14.8. The number of ether oxygens (including phenoxy) is 1. The van der Waals surface area contributed by atoms with Crippen LogP contribution in [-0.4, -0.2) is 28.8 Å². The summed E-state index contributed by atoms with van der Waals surface area (Å²) in [4.78, 5) is 31.1. The molecule has 1 aromatic carbocycles. The molecule has 3 N–H and O–H groups in total. The Kier molecular flexibility index (Phi) is 4.58. The highest BCUT2D eigenvalue weighted by Gasteiger charge is 2.14. The third kappa shape index (κ3) is 3.09. The van der Waals surface area contributed by atoms with E-state index in [-0.39, 0.29) is 11.8 Å². The summed E-state index contributed by atoms with van der Waals surface area (Å²) in [7, 11) is 1.35. The zero-order chi connectivity index (χ0) is 18.8. The fourth-order valence-corrected chi connectivity index (χ4v) is 2.98. The van der Waals surface area contributed by atoms with Gasteiger partial charge in [0, 0.05) is 34.8 Å². The third-order valence-electron chi connectivity index (χ3n) is 4.17. The van der Waals surface area contributed by atoms with Crippen LogP contribution in [0.5, 0.6) is 0 Å². The van der Waals surface area contributed by atoms with E-state index in [0.29, 0.717) is 22.4 Å². The summed E-state index contributed by atoms with van der Waals surface area (Å²) in [6.07, 6.45) is 3.50. The van der Waals surface area contributed by atoms with E-state index < -0.39 is 0 Å². The number of hydrogen-bond donors (Lipinski definition) is 2. The maximum atomic E-state index is 11.8. The van der Waals surface area contributed by atoms with Gasteiger partial charge in [-0.3, -0.25) is 9.78 Å². The van der Waals surface area contributed by atoms with Crippen molar-refractivity contribution in [3.63, 3.8) is 0 Å². The minimum absolute atomic E-state index is 0.101. The second-order valence-electron chi connectivity index (χ2n) is 6.01. The maximum Gasteiger partial charge on any atom is 0.337 e. The molecule has 0 bridgehead atoms. The number of hydrogen-bond acceptors (Lipinski definition) is 5. The van der Waals surface area contributed by atoms with Gasteiger partial charge in [0.2, 0.25) is 0 Å². The minimum atomic E-state index is -0.376. The SMILES string of the molecule is COC(=O)c1ccc(-c2c[nH]c3cc(C(C(C)=O)=C(C)N)cnc23)cc1. The molecule has 0 aliphatic carbocycles. The maximum absolute atomic E-state index is 11.8. The Balaban J connectivity index is 2.04. The number of pyridine rings is 1. The summed E-state index contributed by atoms with van der Waals surface area (Å²) in [6, 6.07) is 8.97. The predicted molar refractivity (Wildman–Crippen MR) is 100 cm³/mol. The van der Waals surface area contributed by atoms with Crippen LogP contribution in [0.4, 0.5) is 0 Å². The van der Waals surface area contributed by atoms with Gasteiger partial charge in [-0.15, -0.1) is 0 Å². The highest BCUT2D eigenvalue weighted by molar-refractivity contribution is 6.20. The van der Waals surface area contributed by atoms with Crippen LogP contribution >= 0.6 is 0 Å². The number of nitrogens with zero attached hydrogens (tertiary/aromatic N) is 1. The van der Waals surface area contributed by atoms with Crippen LogP contribution in [0.2, 0.25) is 0 Å². The number of esters is 1. The van der Waals surface area contributed by atoms with Gasteiger partial charge in [-0.05, 0) is 37.6 Å². The molecule has 0 saturated carbocycles. The smallest absolute Gasteiger partial charge is 0.337 e. The molecular weight excluding hydrogens is 330 g/mol. The number of carbonyl (C=O) groups excluding carboxylic acids is 2. The zero-order valence-electron chi connectivity index (χ0n) is 14.8. The molecule has 3 aromatic rings. The van der Waals surface area contributed by atoms with Crippen molar-refractivity contribution in [2.24, 2.45) is 5.73 Å². The molecule has 26 heavy (non-hydrogen) atoms. The van der Waals surface area contributed by atoms with Crippen molar-refractivity contribution in [1.82, 2.24) is 9.97 Å². The lowest BCUT2D eigenvalue weighted by molar-refractivity contribution is -0.111. The second kappa shape index (κ2) is 6.84. The van der Waals surface area contributed by atoms with Gasteiger partial charge < -0.3 is 15.5 Å². The predicted octanol–water partition coefficient (Wildman–Crippen LogP) is 3.30. The van der Waals surface area contributed by atoms with Gasteiger partial charge in [0.1, 0.15) is 0 Å². The topological polar surface area (TPSA) is 98.1 Å². The van der Waals surface area contributed by atoms with Crippen LogP contribution in [0, 0.1) is 0 Å². The summed E-state index contributed by atoms with van der Waals surface area (Å²) in [6.45, 7) is 3.18. The van der Waals surface area contributed by atoms with Gasteiger partial charge >= 0.3 is 5.97 Å². The summed E-state index contributed by atoms with van der Waals surface area (Å²) >= 11 is 0. The van der Waals surface area contributed by atoms with Crippen molar-refractivity contribution in [2.75, 3.05) is 7.11 Å². The Morgan fingerprint density at radius 3 is 2.38 bits per heavy atom. The van der Waals surface area contributed by atoms with Gasteiger partial charge in [-0.25, -0.2) is 4.79 Å². The first-order chi connectivity index (χ1) is 12.4. The van der Waals surface area contributed by atoms with Crippen LogP contribution in [0.1, 0.15) is 29.8 Å². The number of methoxy groups -OCH3 is 1. The molecule has 3 rings (SSSR count). The summed E-state index contributed by atoms with van der Waals surface area (Å²) < 4.78 is 4.71. The first kappa shape index (κ1) is 17.4. The van der Waals surface area contributed by atoms with Crippen molar-refractivity contribution in [1.29, 1.82) is 0 Å². The lowest BCUT2D eigenvalue weighted by atomic mass is 10.0. The molecule has 0 aliphatic rings. The molecule has 0 spiro atoms. The first-order valence-corrected chi connectivity index (χ1v) is 8.06. The summed E-state index contributed by atoms with van der Waals surface area (Å²) in [5, 5.41) is 0. The molecule has 0 atom stereocenters. The lowest BCUT2D eigenvalue weighted by Crippen LogP contribution is -2.05. The molecule has 0 radical (unpaired) electrons. The molecule has 2 heterocycles. The fraction of sp³-hybridized carbons (Fsp3) is 0.150. The van der Waals surface area contributed by atoms with Crippen LogP contribution < -0.4 is 5.73 Å². The molecular formula is C20H19N3O3. The summed E-state index contributed by atoms with van der Waals surface area (Å²) in [5.74, 6) is -0.477. The molecule has 0 saturated heterocycles. The third-order valence-corrected chi connectivity index (χ3v) is 4.17. The van der Waals surface area contributed by atoms with Crippen molar-refractivity contribution >= 4 is 28.4 Å². The van der Waals surface area contributed by atoms with Crippen molar-refractivity contribution in [2.45, 2.75) is 13.8 Å². The molecule has 0 amide bonds. The van der Waals surface area contributed by atoms with E-state index in [1.54, 1.807) is 25.3 Å². The Morgan fingerprint density at radius 1 is 1.12 bits per heavy atom. The van der Waals surface area contributed by atoms with E-state index in [1.807, 2.05) is 24.4 Å². The monoisotopic (exact) mass is 349 g/mol. The summed E-state index contributed by atoms with van der Waals surface area (Å²) in [5.41, 5.74) is 11.3. The quantitative estimate of drug-likeness (QED) is 0.556. The number of rotatable bonds is 4. The van der Waals surface area contributed by atoms with Gasteiger partial charge in [0.05, 0.1) is 23.7 Å². The highest BCUT2D eigenvalue weighted by Crippen LogP contribution is 2.29. The Labute approximate surface area is 150 Å². The van der Waals surface area contributed by atoms with E-state index in [2.05, 4.69) is 9.97 Å². The Bertz CT molecular complexity index is 1030. The van der Waals surface area contributed by atoms with Gasteiger partial charge in [-0.1, -0.05) is 12.1 Å². The number of ketones is 1. The van der Waals surface area contributed by atoms with E-state index >= 15 is 0 Å². The van der Waals surface area contributed by atoms with Crippen LogP contribution in [0.15, 0.2) is 48.4 Å². The largest absolute Gasteiger partial charge is 0.465 e. The van der Waals surface area contributed by atoms with Gasteiger partial charge in [0.15, 0.2) is 5.78 Å². The number of carbonyl (C=O) groups is 2. The van der Waals surface area contributed by atoms with Crippen LogP contribution in [0.25, 0.3) is 27.7 Å². The second-order valence-corrected chi connectivity index (χ2v) is 6.01. The van der Waals surface area contributed by atoms with Crippen molar-refractivity contribution < 1.29 is 14.3 Å². The minimum Gasteiger partial charge on any atom is -0.465 e. The van der Waals surface area contributed by atoms with Crippen molar-refractivity contribution in [3.8, 4) is 11.1 Å². The van der Waals surface area contributed by atoms with E-state index in [9.17, 15) is 9.59 Å². The van der Waals surface area contributed by atoms with Gasteiger partial charge in [-0.2, -0.15) is 0 Å². The Morgan fingerprint density at radius 2 is 1.81 bits per heavy atom. The van der Waals surface area contributed by atoms with Crippen LogP contribution in [0.3, 0.4) is 0 Å². The number of H-pyrrole nitrogens is 1. The fourth-order valence-electron chi connectivity index (χ4n) is 2.98. The van der Waals surface area contributed by atoms with E-state index in [1.165, 1.54) is 14.0 Å².